The van der Waals surface area contributed by atoms with E-state index < -0.39 is 0 Å². The second-order valence-electron chi connectivity index (χ2n) is 3.73. The lowest BCUT2D eigenvalue weighted by atomic mass is 9.95. The fourth-order valence-corrected chi connectivity index (χ4v) is 1.86. The topological polar surface area (TPSA) is 23.8 Å². The molecule has 0 aliphatic carbocycles. The Morgan fingerprint density at radius 3 is 2.47 bits per heavy atom. The maximum absolute atomic E-state index is 9.09. The molecule has 0 unspecified atom stereocenters. The molecule has 0 aliphatic heterocycles. The summed E-state index contributed by atoms with van der Waals surface area (Å²) < 4.78 is 1.07. The van der Waals surface area contributed by atoms with Gasteiger partial charge >= 0.3 is 0 Å². The van der Waals surface area contributed by atoms with Crippen LogP contribution in [0.4, 0.5) is 0 Å². The van der Waals surface area contributed by atoms with E-state index in [1.165, 1.54) is 12.8 Å². The first-order chi connectivity index (χ1) is 7.27. The van der Waals surface area contributed by atoms with Crippen LogP contribution in [0.5, 0.6) is 0 Å². The summed E-state index contributed by atoms with van der Waals surface area (Å²) >= 11 is 3.40. The minimum absolute atomic E-state index is 0.0599. The van der Waals surface area contributed by atoms with Crippen molar-refractivity contribution in [2.45, 2.75) is 38.5 Å². The zero-order valence-corrected chi connectivity index (χ0v) is 10.6. The van der Waals surface area contributed by atoms with E-state index in [1.807, 2.05) is 24.3 Å². The van der Waals surface area contributed by atoms with Crippen LogP contribution in [0.25, 0.3) is 0 Å². The molecule has 80 valence electrons. The molecule has 2 heteroatoms. The Morgan fingerprint density at radius 2 is 1.93 bits per heavy atom. The summed E-state index contributed by atoms with van der Waals surface area (Å²) in [4.78, 5) is 0. The molecule has 0 heterocycles. The van der Waals surface area contributed by atoms with Gasteiger partial charge in [-0.3, -0.25) is 0 Å². The molecule has 0 saturated heterocycles. The zero-order valence-electron chi connectivity index (χ0n) is 9.04. The molecular weight excluding hydrogens is 250 g/mol. The van der Waals surface area contributed by atoms with Gasteiger partial charge in [0.1, 0.15) is 0 Å². The molecule has 0 spiro atoms. The normalized spacial score (nSPS) is 12.1. The highest BCUT2D eigenvalue weighted by atomic mass is 79.9. The number of benzene rings is 1. The lowest BCUT2D eigenvalue weighted by Gasteiger charge is -2.08. The molecule has 1 nitrogen and oxygen atoms in total. The van der Waals surface area contributed by atoms with Gasteiger partial charge in [-0.05, 0) is 24.1 Å². The summed E-state index contributed by atoms with van der Waals surface area (Å²) in [7, 11) is 0. The maximum atomic E-state index is 9.09. The van der Waals surface area contributed by atoms with E-state index in [0.717, 1.165) is 22.9 Å². The molecule has 1 aromatic rings. The Bertz CT molecular complexity index is 323. The third kappa shape index (κ3) is 4.05. The molecule has 1 atom stereocenters. The van der Waals surface area contributed by atoms with Gasteiger partial charge < -0.3 is 0 Å². The van der Waals surface area contributed by atoms with Crippen molar-refractivity contribution in [1.82, 2.24) is 0 Å². The monoisotopic (exact) mass is 265 g/mol. The average Bonchev–Trinajstić information content (AvgIpc) is 2.26. The highest BCUT2D eigenvalue weighted by Crippen LogP contribution is 2.23. The van der Waals surface area contributed by atoms with Crippen molar-refractivity contribution in [3.8, 4) is 6.07 Å². The SMILES string of the molecule is CCCCC[C@H](C#N)c1ccc(Br)cc1. The van der Waals surface area contributed by atoms with E-state index in [2.05, 4.69) is 28.9 Å². The second kappa shape index (κ2) is 6.63. The van der Waals surface area contributed by atoms with Gasteiger partial charge in [-0.15, -0.1) is 0 Å². The Hall–Kier alpha value is -0.810. The van der Waals surface area contributed by atoms with Gasteiger partial charge in [-0.2, -0.15) is 5.26 Å². The zero-order chi connectivity index (χ0) is 11.1. The Kier molecular flexibility index (Phi) is 5.42. The van der Waals surface area contributed by atoms with E-state index >= 15 is 0 Å². The van der Waals surface area contributed by atoms with E-state index in [9.17, 15) is 0 Å². The van der Waals surface area contributed by atoms with Crippen LogP contribution < -0.4 is 0 Å². The van der Waals surface area contributed by atoms with Crippen LogP contribution in [0.2, 0.25) is 0 Å². The number of nitrogens with zero attached hydrogens (tertiary/aromatic N) is 1. The molecule has 0 N–H and O–H groups in total. The van der Waals surface area contributed by atoms with Crippen molar-refractivity contribution in [2.75, 3.05) is 0 Å². The molecule has 1 rings (SSSR count). The van der Waals surface area contributed by atoms with Crippen LogP contribution in [-0.2, 0) is 0 Å². The predicted molar refractivity (Wildman–Crippen MR) is 66.6 cm³/mol. The van der Waals surface area contributed by atoms with Gasteiger partial charge in [-0.25, -0.2) is 0 Å². The highest BCUT2D eigenvalue weighted by Gasteiger charge is 2.09. The first kappa shape index (κ1) is 12.3. The van der Waals surface area contributed by atoms with Crippen molar-refractivity contribution < 1.29 is 0 Å². The van der Waals surface area contributed by atoms with Crippen LogP contribution in [0.1, 0.15) is 44.1 Å². The molecule has 15 heavy (non-hydrogen) atoms. The van der Waals surface area contributed by atoms with E-state index in [-0.39, 0.29) is 5.92 Å². The quantitative estimate of drug-likeness (QED) is 0.712. The number of unbranched alkanes of at least 4 members (excludes halogenated alkanes) is 2. The highest BCUT2D eigenvalue weighted by molar-refractivity contribution is 9.10. The summed E-state index contributed by atoms with van der Waals surface area (Å²) in [5, 5.41) is 9.09. The van der Waals surface area contributed by atoms with Crippen LogP contribution in [0.15, 0.2) is 28.7 Å². The lowest BCUT2D eigenvalue weighted by Crippen LogP contribution is -1.95. The number of rotatable bonds is 5. The molecule has 0 fully saturated rings. The Morgan fingerprint density at radius 1 is 1.27 bits per heavy atom. The third-order valence-electron chi connectivity index (χ3n) is 2.52. The fourth-order valence-electron chi connectivity index (χ4n) is 1.60. The first-order valence-electron chi connectivity index (χ1n) is 5.43. The summed E-state index contributed by atoms with van der Waals surface area (Å²) in [6.07, 6.45) is 4.55. The molecular formula is C13H16BrN. The van der Waals surface area contributed by atoms with Gasteiger partial charge in [0.05, 0.1) is 12.0 Å². The standard InChI is InChI=1S/C13H16BrN/c1-2-3-4-5-12(10-15)11-6-8-13(14)9-7-11/h6-9,12H,2-5H2,1H3/t12-/m1/s1. The number of halogens is 1. The lowest BCUT2D eigenvalue weighted by molar-refractivity contribution is 0.634. The van der Waals surface area contributed by atoms with Crippen molar-refractivity contribution in [3.05, 3.63) is 34.3 Å². The summed E-state index contributed by atoms with van der Waals surface area (Å²) in [5.41, 5.74) is 1.14. The van der Waals surface area contributed by atoms with E-state index in [4.69, 9.17) is 5.26 Å². The van der Waals surface area contributed by atoms with Gasteiger partial charge in [0.2, 0.25) is 0 Å². The molecule has 0 bridgehead atoms. The molecule has 1 aromatic carbocycles. The van der Waals surface area contributed by atoms with Crippen LogP contribution in [-0.4, -0.2) is 0 Å². The van der Waals surface area contributed by atoms with Crippen molar-refractivity contribution in [2.24, 2.45) is 0 Å². The Labute approximate surface area is 100 Å². The second-order valence-corrected chi connectivity index (χ2v) is 4.64. The molecule has 0 amide bonds. The summed E-state index contributed by atoms with van der Waals surface area (Å²) in [6.45, 7) is 2.18. The minimum Gasteiger partial charge on any atom is -0.198 e. The maximum Gasteiger partial charge on any atom is 0.0712 e. The average molecular weight is 266 g/mol. The van der Waals surface area contributed by atoms with Gasteiger partial charge in [-0.1, -0.05) is 54.2 Å². The van der Waals surface area contributed by atoms with Gasteiger partial charge in [0, 0.05) is 4.47 Å². The molecule has 0 aliphatic rings. The number of hydrogen-bond donors (Lipinski definition) is 0. The summed E-state index contributed by atoms with van der Waals surface area (Å²) in [6, 6.07) is 10.4. The third-order valence-corrected chi connectivity index (χ3v) is 3.05. The Balaban J connectivity index is 2.59. The van der Waals surface area contributed by atoms with Crippen molar-refractivity contribution in [3.63, 3.8) is 0 Å². The fraction of sp³-hybridized carbons (Fsp3) is 0.462. The number of nitriles is 1. The first-order valence-corrected chi connectivity index (χ1v) is 6.22. The van der Waals surface area contributed by atoms with Crippen molar-refractivity contribution in [1.29, 1.82) is 5.26 Å². The smallest absolute Gasteiger partial charge is 0.0712 e. The molecule has 0 aromatic heterocycles. The van der Waals surface area contributed by atoms with Crippen LogP contribution in [0, 0.1) is 11.3 Å². The van der Waals surface area contributed by atoms with E-state index in [0.29, 0.717) is 0 Å². The van der Waals surface area contributed by atoms with Crippen molar-refractivity contribution >= 4 is 15.9 Å². The largest absolute Gasteiger partial charge is 0.198 e. The predicted octanol–water partition coefficient (Wildman–Crippen LogP) is 4.64. The van der Waals surface area contributed by atoms with Crippen LogP contribution >= 0.6 is 15.9 Å². The summed E-state index contributed by atoms with van der Waals surface area (Å²) in [5.74, 6) is 0.0599. The molecule has 0 saturated carbocycles. The molecule has 0 radical (unpaired) electrons. The van der Waals surface area contributed by atoms with Gasteiger partial charge in [0.25, 0.3) is 0 Å². The van der Waals surface area contributed by atoms with Crippen LogP contribution in [0.3, 0.4) is 0 Å². The number of hydrogen-bond acceptors (Lipinski definition) is 1. The van der Waals surface area contributed by atoms with E-state index in [1.54, 1.807) is 0 Å². The minimum atomic E-state index is 0.0599. The van der Waals surface area contributed by atoms with Gasteiger partial charge in [0.15, 0.2) is 0 Å².